The Hall–Kier alpha value is -1.06. The third kappa shape index (κ3) is 4.50. The Bertz CT molecular complexity index is 383. The highest BCUT2D eigenvalue weighted by atomic mass is 16.5. The van der Waals surface area contributed by atoms with Crippen LogP contribution in [0, 0.1) is 5.92 Å². The highest BCUT2D eigenvalue weighted by molar-refractivity contribution is 5.20. The van der Waals surface area contributed by atoms with Crippen LogP contribution in [0.5, 0.6) is 5.75 Å². The van der Waals surface area contributed by atoms with Crippen molar-refractivity contribution >= 4 is 0 Å². The smallest absolute Gasteiger partial charge is 0.119 e. The van der Waals surface area contributed by atoms with Crippen LogP contribution in [0.25, 0.3) is 0 Å². The fourth-order valence-corrected chi connectivity index (χ4v) is 2.83. The molecule has 1 saturated heterocycles. The fraction of sp³-hybridized carbons (Fsp3) is 0.647. The molecule has 0 unspecified atom stereocenters. The summed E-state index contributed by atoms with van der Waals surface area (Å²) < 4.78 is 5.77. The van der Waals surface area contributed by atoms with Gasteiger partial charge in [0.05, 0.1) is 0 Å². The summed E-state index contributed by atoms with van der Waals surface area (Å²) in [5.74, 6) is 1.97. The molecule has 0 spiro atoms. The first kappa shape index (κ1) is 13.9. The van der Waals surface area contributed by atoms with Crippen molar-refractivity contribution < 1.29 is 4.74 Å². The highest BCUT2D eigenvalue weighted by Gasteiger charge is 2.24. The van der Waals surface area contributed by atoms with E-state index in [1.54, 1.807) is 0 Å². The highest BCUT2D eigenvalue weighted by Crippen LogP contribution is 2.28. The first-order valence-corrected chi connectivity index (χ1v) is 8.04. The molecule has 1 aromatic carbocycles. The summed E-state index contributed by atoms with van der Waals surface area (Å²) in [6, 6.07) is 10.9. The molecule has 0 bridgehead atoms. The maximum atomic E-state index is 5.77. The summed E-state index contributed by atoms with van der Waals surface area (Å²) >= 11 is 0. The molecule has 1 aliphatic carbocycles. The van der Waals surface area contributed by atoms with Crippen LogP contribution in [0.3, 0.4) is 0 Å². The summed E-state index contributed by atoms with van der Waals surface area (Å²) in [4.78, 5) is 2.53. The van der Waals surface area contributed by atoms with Crippen LogP contribution < -0.4 is 10.1 Å². The van der Waals surface area contributed by atoms with Crippen molar-refractivity contribution in [1.82, 2.24) is 10.2 Å². The lowest BCUT2D eigenvalue weighted by Crippen LogP contribution is -2.44. The Balaban J connectivity index is 1.28. The van der Waals surface area contributed by atoms with Crippen molar-refractivity contribution in [3.63, 3.8) is 0 Å². The maximum absolute atomic E-state index is 5.77. The van der Waals surface area contributed by atoms with Crippen LogP contribution in [-0.4, -0.2) is 43.7 Å². The number of ether oxygens (including phenoxy) is 1. The SMILES string of the molecule is c1ccc(OCCN2CCC(NCC3CC3)CC2)cc1. The lowest BCUT2D eigenvalue weighted by atomic mass is 10.0. The number of nitrogens with one attached hydrogen (secondary N) is 1. The monoisotopic (exact) mass is 274 g/mol. The molecule has 20 heavy (non-hydrogen) atoms. The van der Waals surface area contributed by atoms with Crippen molar-refractivity contribution in [2.45, 2.75) is 31.7 Å². The number of rotatable bonds is 7. The number of hydrogen-bond donors (Lipinski definition) is 1. The molecule has 110 valence electrons. The normalized spacial score (nSPS) is 21.0. The Kier molecular flexibility index (Phi) is 4.93. The molecular weight excluding hydrogens is 248 g/mol. The third-order valence-electron chi connectivity index (χ3n) is 4.40. The van der Waals surface area contributed by atoms with Gasteiger partial charge in [0.15, 0.2) is 0 Å². The number of likely N-dealkylation sites (tertiary alicyclic amines) is 1. The molecule has 1 saturated carbocycles. The lowest BCUT2D eigenvalue weighted by molar-refractivity contribution is 0.164. The van der Waals surface area contributed by atoms with Crippen molar-refractivity contribution in [3.8, 4) is 5.75 Å². The largest absolute Gasteiger partial charge is 0.492 e. The van der Waals surface area contributed by atoms with Gasteiger partial charge in [-0.25, -0.2) is 0 Å². The van der Waals surface area contributed by atoms with Crippen molar-refractivity contribution in [3.05, 3.63) is 30.3 Å². The summed E-state index contributed by atoms with van der Waals surface area (Å²) in [6.07, 6.45) is 5.47. The summed E-state index contributed by atoms with van der Waals surface area (Å²) in [7, 11) is 0. The van der Waals surface area contributed by atoms with E-state index in [9.17, 15) is 0 Å². The number of nitrogens with zero attached hydrogens (tertiary/aromatic N) is 1. The van der Waals surface area contributed by atoms with Gasteiger partial charge in [0.2, 0.25) is 0 Å². The van der Waals surface area contributed by atoms with E-state index in [0.29, 0.717) is 0 Å². The summed E-state index contributed by atoms with van der Waals surface area (Å²) in [5.41, 5.74) is 0. The minimum Gasteiger partial charge on any atom is -0.492 e. The standard InChI is InChI=1S/C17H26N2O/c1-2-4-17(5-3-1)20-13-12-19-10-8-16(9-11-19)18-14-15-6-7-15/h1-5,15-16,18H,6-14H2. The van der Waals surface area contributed by atoms with E-state index in [2.05, 4.69) is 10.2 Å². The van der Waals surface area contributed by atoms with Gasteiger partial charge in [-0.05, 0) is 63.4 Å². The molecule has 0 aromatic heterocycles. The molecule has 0 radical (unpaired) electrons. The number of para-hydroxylation sites is 1. The molecule has 1 aliphatic heterocycles. The van der Waals surface area contributed by atoms with Gasteiger partial charge in [0, 0.05) is 12.6 Å². The van der Waals surface area contributed by atoms with Crippen molar-refractivity contribution in [1.29, 1.82) is 0 Å². The molecule has 1 N–H and O–H groups in total. The van der Waals surface area contributed by atoms with Gasteiger partial charge < -0.3 is 10.1 Å². The van der Waals surface area contributed by atoms with Gasteiger partial charge in [0.25, 0.3) is 0 Å². The summed E-state index contributed by atoms with van der Waals surface area (Å²) in [6.45, 7) is 5.51. The lowest BCUT2D eigenvalue weighted by Gasteiger charge is -2.32. The molecule has 2 fully saturated rings. The van der Waals surface area contributed by atoms with E-state index in [0.717, 1.165) is 30.9 Å². The van der Waals surface area contributed by atoms with Gasteiger partial charge in [-0.15, -0.1) is 0 Å². The Labute approximate surface area is 122 Å². The molecule has 1 heterocycles. The number of piperidine rings is 1. The predicted molar refractivity (Wildman–Crippen MR) is 82.1 cm³/mol. The first-order valence-electron chi connectivity index (χ1n) is 8.04. The van der Waals surface area contributed by atoms with Crippen LogP contribution in [0.4, 0.5) is 0 Å². The van der Waals surface area contributed by atoms with E-state index >= 15 is 0 Å². The van der Waals surface area contributed by atoms with Gasteiger partial charge in [-0.1, -0.05) is 18.2 Å². The van der Waals surface area contributed by atoms with Crippen LogP contribution in [0.15, 0.2) is 30.3 Å². The van der Waals surface area contributed by atoms with Crippen LogP contribution in [-0.2, 0) is 0 Å². The molecule has 3 heteroatoms. The van der Waals surface area contributed by atoms with Gasteiger partial charge in [0.1, 0.15) is 12.4 Å². The van der Waals surface area contributed by atoms with Crippen molar-refractivity contribution in [2.75, 3.05) is 32.8 Å². The third-order valence-corrected chi connectivity index (χ3v) is 4.40. The van der Waals surface area contributed by atoms with Gasteiger partial charge >= 0.3 is 0 Å². The van der Waals surface area contributed by atoms with E-state index < -0.39 is 0 Å². The Morgan fingerprint density at radius 1 is 1.05 bits per heavy atom. The summed E-state index contributed by atoms with van der Waals surface area (Å²) in [5, 5.41) is 3.73. The zero-order chi connectivity index (χ0) is 13.6. The zero-order valence-corrected chi connectivity index (χ0v) is 12.3. The second kappa shape index (κ2) is 7.09. The minimum atomic E-state index is 0.752. The Morgan fingerprint density at radius 2 is 1.80 bits per heavy atom. The second-order valence-corrected chi connectivity index (χ2v) is 6.13. The predicted octanol–water partition coefficient (Wildman–Crippen LogP) is 2.53. The number of hydrogen-bond acceptors (Lipinski definition) is 3. The van der Waals surface area contributed by atoms with E-state index in [-0.39, 0.29) is 0 Å². The average molecular weight is 274 g/mol. The molecular formula is C17H26N2O. The molecule has 0 atom stereocenters. The molecule has 1 aromatic rings. The minimum absolute atomic E-state index is 0.752. The maximum Gasteiger partial charge on any atom is 0.119 e. The zero-order valence-electron chi connectivity index (χ0n) is 12.3. The topological polar surface area (TPSA) is 24.5 Å². The molecule has 2 aliphatic rings. The van der Waals surface area contributed by atoms with E-state index in [4.69, 9.17) is 4.74 Å². The second-order valence-electron chi connectivity index (χ2n) is 6.13. The van der Waals surface area contributed by atoms with Gasteiger partial charge in [-0.3, -0.25) is 4.90 Å². The Morgan fingerprint density at radius 3 is 2.50 bits per heavy atom. The average Bonchev–Trinajstić information content (AvgIpc) is 3.32. The molecule has 3 nitrogen and oxygen atoms in total. The van der Waals surface area contributed by atoms with Crippen LogP contribution >= 0.6 is 0 Å². The number of benzene rings is 1. The molecule has 0 amide bonds. The van der Waals surface area contributed by atoms with Gasteiger partial charge in [-0.2, -0.15) is 0 Å². The van der Waals surface area contributed by atoms with Crippen LogP contribution in [0.1, 0.15) is 25.7 Å². The molecule has 3 rings (SSSR count). The van der Waals surface area contributed by atoms with Crippen LogP contribution in [0.2, 0.25) is 0 Å². The van der Waals surface area contributed by atoms with Crippen molar-refractivity contribution in [2.24, 2.45) is 5.92 Å². The first-order chi connectivity index (χ1) is 9.90. The quantitative estimate of drug-likeness (QED) is 0.827. The van der Waals surface area contributed by atoms with E-state index in [1.165, 1.54) is 45.3 Å². The fourth-order valence-electron chi connectivity index (χ4n) is 2.83. The van der Waals surface area contributed by atoms with E-state index in [1.807, 2.05) is 30.3 Å².